The quantitative estimate of drug-likeness (QED) is 0.450. The fourth-order valence-corrected chi connectivity index (χ4v) is 5.99. The lowest BCUT2D eigenvalue weighted by atomic mass is 9.69. The van der Waals surface area contributed by atoms with Crippen molar-refractivity contribution in [3.8, 4) is 0 Å². The van der Waals surface area contributed by atoms with Crippen molar-refractivity contribution in [1.82, 2.24) is 15.2 Å². The highest BCUT2D eigenvalue weighted by molar-refractivity contribution is 6.46. The normalized spacial score (nSPS) is 22.1. The van der Waals surface area contributed by atoms with Crippen LogP contribution >= 0.6 is 0 Å². The largest absolute Gasteiger partial charge is 0.481 e. The Labute approximate surface area is 230 Å². The van der Waals surface area contributed by atoms with E-state index in [0.29, 0.717) is 17.2 Å². The zero-order valence-electron chi connectivity index (χ0n) is 23.4. The summed E-state index contributed by atoms with van der Waals surface area (Å²) >= 11 is 0. The number of carboxylic acids is 1. The molecule has 2 heterocycles. The van der Waals surface area contributed by atoms with Gasteiger partial charge in [0.05, 0.1) is 12.5 Å². The number of carbonyl (C=O) groups excluding carboxylic acids is 2. The van der Waals surface area contributed by atoms with Gasteiger partial charge in [-0.1, -0.05) is 46.2 Å². The van der Waals surface area contributed by atoms with Crippen LogP contribution in [0.2, 0.25) is 0 Å². The molecule has 4 rings (SSSR count). The van der Waals surface area contributed by atoms with Crippen molar-refractivity contribution in [2.45, 2.75) is 84.3 Å². The van der Waals surface area contributed by atoms with Crippen LogP contribution in [-0.2, 0) is 9.59 Å². The van der Waals surface area contributed by atoms with Gasteiger partial charge in [-0.15, -0.1) is 0 Å². The number of benzene rings is 1. The molecule has 0 saturated heterocycles. The van der Waals surface area contributed by atoms with E-state index in [1.807, 2.05) is 29.2 Å². The van der Waals surface area contributed by atoms with Crippen LogP contribution < -0.4 is 5.32 Å². The minimum absolute atomic E-state index is 0.0638. The van der Waals surface area contributed by atoms with Gasteiger partial charge in [-0.2, -0.15) is 0 Å². The van der Waals surface area contributed by atoms with Gasteiger partial charge in [0.1, 0.15) is 11.4 Å². The summed E-state index contributed by atoms with van der Waals surface area (Å²) in [7, 11) is 0. The molecular weight excluding hydrogens is 492 g/mol. The number of aliphatic carboxylic acids is 1. The van der Waals surface area contributed by atoms with Gasteiger partial charge in [0.25, 0.3) is 11.8 Å². The molecule has 8 heteroatoms. The summed E-state index contributed by atoms with van der Waals surface area (Å²) in [5.74, 6) is -0.764. The van der Waals surface area contributed by atoms with Crippen molar-refractivity contribution >= 4 is 23.5 Å². The smallest absolute Gasteiger partial charge is 0.305 e. The number of amides is 2. The number of carbonyl (C=O) groups is 3. The maximum absolute atomic E-state index is 14.2. The summed E-state index contributed by atoms with van der Waals surface area (Å²) < 4.78 is 0. The number of pyridine rings is 1. The van der Waals surface area contributed by atoms with E-state index in [2.05, 4.69) is 38.0 Å². The van der Waals surface area contributed by atoms with Gasteiger partial charge >= 0.3 is 5.97 Å². The number of rotatable bonds is 9. The van der Waals surface area contributed by atoms with Crippen LogP contribution in [0.15, 0.2) is 53.8 Å². The summed E-state index contributed by atoms with van der Waals surface area (Å²) in [6, 6.07) is 10.9. The first kappa shape index (κ1) is 28.5. The molecule has 1 fully saturated rings. The summed E-state index contributed by atoms with van der Waals surface area (Å²) in [5, 5.41) is 11.5. The molecule has 2 N–H and O–H groups in total. The van der Waals surface area contributed by atoms with Crippen LogP contribution in [0, 0.1) is 11.3 Å². The molecule has 0 bridgehead atoms. The predicted octanol–water partition coefficient (Wildman–Crippen LogP) is 5.39. The maximum Gasteiger partial charge on any atom is 0.305 e. The van der Waals surface area contributed by atoms with Gasteiger partial charge in [0.15, 0.2) is 0 Å². The third kappa shape index (κ3) is 6.21. The molecule has 1 aromatic carbocycles. The van der Waals surface area contributed by atoms with Gasteiger partial charge in [-0.05, 0) is 73.3 Å². The zero-order valence-corrected chi connectivity index (χ0v) is 23.4. The topological polar surface area (TPSA) is 112 Å². The molecule has 1 atom stereocenters. The second-order valence-electron chi connectivity index (χ2n) is 11.8. The lowest BCUT2D eigenvalue weighted by molar-refractivity contribution is -0.137. The second-order valence-corrected chi connectivity index (χ2v) is 11.8. The first-order valence-corrected chi connectivity index (χ1v) is 14.0. The third-order valence-electron chi connectivity index (χ3n) is 8.19. The number of hydrogen-bond acceptors (Lipinski definition) is 5. The van der Waals surface area contributed by atoms with Crippen LogP contribution in [-0.4, -0.2) is 50.7 Å². The lowest BCUT2D eigenvalue weighted by Gasteiger charge is -2.47. The highest BCUT2D eigenvalue weighted by atomic mass is 16.4. The van der Waals surface area contributed by atoms with E-state index >= 15 is 0 Å². The van der Waals surface area contributed by atoms with Gasteiger partial charge in [0.2, 0.25) is 0 Å². The summed E-state index contributed by atoms with van der Waals surface area (Å²) in [6.45, 7) is 9.05. The van der Waals surface area contributed by atoms with Crippen LogP contribution in [0.4, 0.5) is 0 Å². The molecular formula is C31H40N4O4. The Hall–Kier alpha value is -3.55. The Bertz CT molecular complexity index is 1210. The van der Waals surface area contributed by atoms with Crippen molar-refractivity contribution in [1.29, 1.82) is 0 Å². The van der Waals surface area contributed by atoms with Gasteiger partial charge in [-0.3, -0.25) is 24.4 Å². The van der Waals surface area contributed by atoms with E-state index in [9.17, 15) is 14.4 Å². The SMILES string of the molecule is CCC[C@H](c1ccc(C(=O)NCCC(=O)O)cc1)N1C(=O)C(c2cccnc2)=NC12CCC(C(C)(C)C)CC2. The molecule has 2 aromatic rings. The number of aliphatic imine (C=N–C) groups is 1. The summed E-state index contributed by atoms with van der Waals surface area (Å²) in [4.78, 5) is 48.9. The maximum atomic E-state index is 14.2. The molecule has 1 spiro atoms. The van der Waals surface area contributed by atoms with Gasteiger partial charge in [0, 0.05) is 30.1 Å². The van der Waals surface area contributed by atoms with E-state index < -0.39 is 11.6 Å². The van der Waals surface area contributed by atoms with E-state index in [1.165, 1.54) is 0 Å². The molecule has 1 aliphatic carbocycles. The Morgan fingerprint density at radius 1 is 1.15 bits per heavy atom. The summed E-state index contributed by atoms with van der Waals surface area (Å²) in [5.41, 5.74) is 2.25. The number of hydrogen-bond donors (Lipinski definition) is 2. The average Bonchev–Trinajstić information content (AvgIpc) is 3.18. The van der Waals surface area contributed by atoms with Crippen molar-refractivity contribution in [3.63, 3.8) is 0 Å². The fourth-order valence-electron chi connectivity index (χ4n) is 5.99. The van der Waals surface area contributed by atoms with Gasteiger partial charge in [-0.25, -0.2) is 0 Å². The number of nitrogens with zero attached hydrogens (tertiary/aromatic N) is 3. The molecule has 0 unspecified atom stereocenters. The van der Waals surface area contributed by atoms with Crippen molar-refractivity contribution in [3.05, 3.63) is 65.5 Å². The first-order valence-electron chi connectivity index (χ1n) is 14.0. The van der Waals surface area contributed by atoms with E-state index in [1.54, 1.807) is 24.5 Å². The van der Waals surface area contributed by atoms with E-state index in [-0.39, 0.29) is 36.2 Å². The van der Waals surface area contributed by atoms with Crippen molar-refractivity contribution < 1.29 is 19.5 Å². The number of nitrogens with one attached hydrogen (secondary N) is 1. The molecule has 2 aliphatic rings. The van der Waals surface area contributed by atoms with Gasteiger partial charge < -0.3 is 15.3 Å². The molecule has 39 heavy (non-hydrogen) atoms. The minimum atomic E-state index is -0.957. The van der Waals surface area contributed by atoms with Crippen molar-refractivity contribution in [2.24, 2.45) is 16.3 Å². The molecule has 208 valence electrons. The predicted molar refractivity (Wildman–Crippen MR) is 150 cm³/mol. The van der Waals surface area contributed by atoms with Crippen LogP contribution in [0.25, 0.3) is 0 Å². The van der Waals surface area contributed by atoms with Crippen molar-refractivity contribution in [2.75, 3.05) is 6.54 Å². The second kappa shape index (κ2) is 11.7. The Morgan fingerprint density at radius 3 is 2.41 bits per heavy atom. The molecule has 8 nitrogen and oxygen atoms in total. The fraction of sp³-hybridized carbons (Fsp3) is 0.516. The van der Waals surface area contributed by atoms with E-state index in [4.69, 9.17) is 10.1 Å². The molecule has 2 amide bonds. The van der Waals surface area contributed by atoms with E-state index in [0.717, 1.165) is 49.7 Å². The molecule has 1 aliphatic heterocycles. The lowest BCUT2D eigenvalue weighted by Crippen LogP contribution is -2.51. The molecule has 1 aromatic heterocycles. The Morgan fingerprint density at radius 2 is 1.85 bits per heavy atom. The first-order chi connectivity index (χ1) is 18.6. The monoisotopic (exact) mass is 532 g/mol. The Balaban J connectivity index is 1.65. The number of carboxylic acid groups (broad SMARTS) is 1. The standard InChI is InChI=1S/C31H40N4O4/c1-5-7-25(21-9-11-22(12-10-21)28(38)33-19-15-26(36)37)35-29(39)27(23-8-6-18-32-20-23)34-31(35)16-13-24(14-17-31)30(2,3)4/h6,8-12,18,20,24-25H,5,7,13-17,19H2,1-4H3,(H,33,38)(H,36,37)/t24?,25-,31?/m1/s1. The summed E-state index contributed by atoms with van der Waals surface area (Å²) in [6.07, 6.45) is 8.58. The molecule has 1 saturated carbocycles. The number of aromatic nitrogens is 1. The Kier molecular flexibility index (Phi) is 8.52. The van der Waals surface area contributed by atoms with Crippen LogP contribution in [0.3, 0.4) is 0 Å². The highest BCUT2D eigenvalue weighted by Gasteiger charge is 2.52. The zero-order chi connectivity index (χ0) is 28.2. The van der Waals surface area contributed by atoms with Crippen LogP contribution in [0.5, 0.6) is 0 Å². The minimum Gasteiger partial charge on any atom is -0.481 e. The molecule has 0 radical (unpaired) electrons. The highest BCUT2D eigenvalue weighted by Crippen LogP contribution is 2.49. The average molecular weight is 533 g/mol. The van der Waals surface area contributed by atoms with Crippen LogP contribution in [0.1, 0.15) is 100 Å². The third-order valence-corrected chi connectivity index (χ3v) is 8.19.